The molecule has 1 aromatic heterocycles. The van der Waals surface area contributed by atoms with Gasteiger partial charge < -0.3 is 10.6 Å². The number of rotatable bonds is 5. The summed E-state index contributed by atoms with van der Waals surface area (Å²) >= 11 is 0. The first-order valence-corrected chi connectivity index (χ1v) is 6.40. The van der Waals surface area contributed by atoms with E-state index in [9.17, 15) is 0 Å². The molecular formula is C13H24N4. The van der Waals surface area contributed by atoms with Gasteiger partial charge in [0, 0.05) is 24.6 Å². The van der Waals surface area contributed by atoms with Crippen molar-refractivity contribution in [1.82, 2.24) is 9.97 Å². The first-order valence-electron chi connectivity index (χ1n) is 6.40. The van der Waals surface area contributed by atoms with Gasteiger partial charge in [0.25, 0.3) is 0 Å². The van der Waals surface area contributed by atoms with Gasteiger partial charge in [-0.2, -0.15) is 0 Å². The summed E-state index contributed by atoms with van der Waals surface area (Å²) in [5, 5.41) is 0. The second-order valence-electron chi connectivity index (χ2n) is 4.61. The average molecular weight is 236 g/mol. The van der Waals surface area contributed by atoms with Crippen LogP contribution in [0.3, 0.4) is 0 Å². The van der Waals surface area contributed by atoms with Gasteiger partial charge >= 0.3 is 0 Å². The molecule has 0 bridgehead atoms. The Morgan fingerprint density at radius 2 is 1.88 bits per heavy atom. The van der Waals surface area contributed by atoms with Gasteiger partial charge in [0.15, 0.2) is 0 Å². The zero-order chi connectivity index (χ0) is 13.0. The first-order chi connectivity index (χ1) is 8.01. The lowest BCUT2D eigenvalue weighted by Crippen LogP contribution is -2.33. The molecule has 4 nitrogen and oxygen atoms in total. The smallest absolute Gasteiger partial charge is 0.137 e. The molecule has 0 aromatic carbocycles. The van der Waals surface area contributed by atoms with Gasteiger partial charge in [-0.15, -0.1) is 0 Å². The standard InChI is InChI=1S/C13H24N4/c1-6-8-17(9(3)4)13-10(5)12(14)15-11(7-2)16-13/h9H,6-8H2,1-5H3,(H2,14,15,16). The van der Waals surface area contributed by atoms with E-state index in [-0.39, 0.29) is 0 Å². The van der Waals surface area contributed by atoms with Crippen molar-refractivity contribution in [2.24, 2.45) is 0 Å². The Kier molecular flexibility index (Phi) is 4.73. The second-order valence-corrected chi connectivity index (χ2v) is 4.61. The monoisotopic (exact) mass is 236 g/mol. The number of nitrogens with zero attached hydrogens (tertiary/aromatic N) is 3. The first kappa shape index (κ1) is 13.7. The molecule has 4 heteroatoms. The number of hydrogen-bond acceptors (Lipinski definition) is 4. The minimum atomic E-state index is 0.424. The minimum Gasteiger partial charge on any atom is -0.383 e. The zero-order valence-corrected chi connectivity index (χ0v) is 11.6. The lowest BCUT2D eigenvalue weighted by Gasteiger charge is -2.29. The van der Waals surface area contributed by atoms with E-state index in [4.69, 9.17) is 5.73 Å². The number of nitrogens with two attached hydrogens (primary N) is 1. The Morgan fingerprint density at radius 3 is 2.35 bits per heavy atom. The molecule has 0 amide bonds. The normalized spacial score (nSPS) is 10.9. The van der Waals surface area contributed by atoms with Crippen molar-refractivity contribution < 1.29 is 0 Å². The molecule has 0 aliphatic rings. The topological polar surface area (TPSA) is 55.0 Å². The Labute approximate surface area is 104 Å². The largest absolute Gasteiger partial charge is 0.383 e. The summed E-state index contributed by atoms with van der Waals surface area (Å²) in [4.78, 5) is 11.2. The van der Waals surface area contributed by atoms with Crippen LogP contribution in [0, 0.1) is 6.92 Å². The quantitative estimate of drug-likeness (QED) is 0.853. The van der Waals surface area contributed by atoms with Gasteiger partial charge in [-0.1, -0.05) is 13.8 Å². The molecule has 1 heterocycles. The van der Waals surface area contributed by atoms with Crippen LogP contribution >= 0.6 is 0 Å². The third kappa shape index (κ3) is 3.08. The minimum absolute atomic E-state index is 0.424. The van der Waals surface area contributed by atoms with E-state index in [0.717, 1.165) is 36.6 Å². The summed E-state index contributed by atoms with van der Waals surface area (Å²) in [6, 6.07) is 0.424. The number of anilines is 2. The van der Waals surface area contributed by atoms with Crippen LogP contribution in [0.2, 0.25) is 0 Å². The van der Waals surface area contributed by atoms with Crippen LogP contribution in [-0.4, -0.2) is 22.6 Å². The molecule has 0 fully saturated rings. The van der Waals surface area contributed by atoms with Gasteiger partial charge in [-0.05, 0) is 27.2 Å². The lowest BCUT2D eigenvalue weighted by molar-refractivity contribution is 0.656. The van der Waals surface area contributed by atoms with Gasteiger partial charge in [0.1, 0.15) is 17.5 Å². The maximum atomic E-state index is 5.95. The summed E-state index contributed by atoms with van der Waals surface area (Å²) in [6.45, 7) is 11.6. The molecule has 0 saturated heterocycles. The van der Waals surface area contributed by atoms with Crippen molar-refractivity contribution in [2.45, 2.75) is 53.5 Å². The maximum absolute atomic E-state index is 5.95. The predicted octanol–water partition coefficient (Wildman–Crippen LogP) is 2.55. The van der Waals surface area contributed by atoms with Crippen molar-refractivity contribution in [3.63, 3.8) is 0 Å². The SMILES string of the molecule is CCCN(c1nc(CC)nc(N)c1C)C(C)C. The van der Waals surface area contributed by atoms with Gasteiger partial charge in [-0.3, -0.25) is 0 Å². The van der Waals surface area contributed by atoms with Crippen LogP contribution < -0.4 is 10.6 Å². The zero-order valence-electron chi connectivity index (χ0n) is 11.6. The summed E-state index contributed by atoms with van der Waals surface area (Å²) < 4.78 is 0. The molecule has 0 saturated carbocycles. The van der Waals surface area contributed by atoms with Crippen LogP contribution in [0.1, 0.15) is 45.5 Å². The molecule has 0 aliphatic carbocycles. The van der Waals surface area contributed by atoms with E-state index in [1.165, 1.54) is 0 Å². The van der Waals surface area contributed by atoms with Crippen molar-refractivity contribution in [1.29, 1.82) is 0 Å². The van der Waals surface area contributed by atoms with Crippen LogP contribution in [0.25, 0.3) is 0 Å². The number of nitrogen functional groups attached to an aromatic ring is 1. The molecule has 1 rings (SSSR count). The van der Waals surface area contributed by atoms with E-state index in [2.05, 4.69) is 35.6 Å². The molecule has 17 heavy (non-hydrogen) atoms. The van der Waals surface area contributed by atoms with Gasteiger partial charge in [-0.25, -0.2) is 9.97 Å². The Hall–Kier alpha value is -1.32. The fourth-order valence-corrected chi connectivity index (χ4v) is 1.86. The second kappa shape index (κ2) is 5.84. The Bertz CT molecular complexity index is 374. The highest BCUT2D eigenvalue weighted by atomic mass is 15.2. The molecule has 0 atom stereocenters. The van der Waals surface area contributed by atoms with Crippen LogP contribution in [-0.2, 0) is 6.42 Å². The summed E-state index contributed by atoms with van der Waals surface area (Å²) in [7, 11) is 0. The van der Waals surface area contributed by atoms with Gasteiger partial charge in [0.05, 0.1) is 0 Å². The van der Waals surface area contributed by atoms with E-state index in [1.54, 1.807) is 0 Å². The summed E-state index contributed by atoms with van der Waals surface area (Å²) in [6.07, 6.45) is 1.92. The number of hydrogen-bond donors (Lipinski definition) is 1. The maximum Gasteiger partial charge on any atom is 0.137 e. The molecule has 0 aliphatic heterocycles. The van der Waals surface area contributed by atoms with Crippen LogP contribution in [0.4, 0.5) is 11.6 Å². The lowest BCUT2D eigenvalue weighted by atomic mass is 10.2. The van der Waals surface area contributed by atoms with Crippen molar-refractivity contribution in [2.75, 3.05) is 17.2 Å². The predicted molar refractivity (Wildman–Crippen MR) is 73.3 cm³/mol. The third-order valence-corrected chi connectivity index (χ3v) is 2.88. The number of aromatic nitrogens is 2. The number of aryl methyl sites for hydroxylation is 1. The highest BCUT2D eigenvalue weighted by Gasteiger charge is 2.16. The van der Waals surface area contributed by atoms with Crippen molar-refractivity contribution in [3.05, 3.63) is 11.4 Å². The van der Waals surface area contributed by atoms with Crippen LogP contribution in [0.5, 0.6) is 0 Å². The fraction of sp³-hybridized carbons (Fsp3) is 0.692. The Morgan fingerprint density at radius 1 is 1.24 bits per heavy atom. The Balaban J connectivity index is 3.21. The molecule has 96 valence electrons. The highest BCUT2D eigenvalue weighted by molar-refractivity contribution is 5.56. The molecule has 1 aromatic rings. The summed E-state index contributed by atoms with van der Waals surface area (Å²) in [5.74, 6) is 2.42. The fourth-order valence-electron chi connectivity index (χ4n) is 1.86. The van der Waals surface area contributed by atoms with E-state index < -0.39 is 0 Å². The molecule has 0 unspecified atom stereocenters. The molecular weight excluding hydrogens is 212 g/mol. The third-order valence-electron chi connectivity index (χ3n) is 2.88. The van der Waals surface area contributed by atoms with Crippen molar-refractivity contribution in [3.8, 4) is 0 Å². The molecule has 0 spiro atoms. The van der Waals surface area contributed by atoms with Gasteiger partial charge in [0.2, 0.25) is 0 Å². The highest BCUT2D eigenvalue weighted by Crippen LogP contribution is 2.23. The van der Waals surface area contributed by atoms with E-state index in [0.29, 0.717) is 11.9 Å². The molecule has 0 radical (unpaired) electrons. The van der Waals surface area contributed by atoms with E-state index in [1.807, 2.05) is 13.8 Å². The van der Waals surface area contributed by atoms with Crippen LogP contribution in [0.15, 0.2) is 0 Å². The average Bonchev–Trinajstić information content (AvgIpc) is 2.29. The summed E-state index contributed by atoms with van der Waals surface area (Å²) in [5.41, 5.74) is 6.94. The molecule has 2 N–H and O–H groups in total. The van der Waals surface area contributed by atoms with E-state index >= 15 is 0 Å². The van der Waals surface area contributed by atoms with Crippen molar-refractivity contribution >= 4 is 11.6 Å².